The lowest BCUT2D eigenvalue weighted by Gasteiger charge is -2.32. The summed E-state index contributed by atoms with van der Waals surface area (Å²) in [6, 6.07) is 6.42. The average molecular weight is 242 g/mol. The van der Waals surface area contributed by atoms with E-state index in [0.717, 1.165) is 24.8 Å². The summed E-state index contributed by atoms with van der Waals surface area (Å²) in [6.45, 7) is 2.17. The van der Waals surface area contributed by atoms with Crippen LogP contribution in [0.1, 0.15) is 66.9 Å². The molecule has 1 fully saturated rings. The molecular formula is C17H22O. The molecule has 96 valence electrons. The summed E-state index contributed by atoms with van der Waals surface area (Å²) in [7, 11) is 0. The van der Waals surface area contributed by atoms with Crippen molar-refractivity contribution in [1.82, 2.24) is 0 Å². The van der Waals surface area contributed by atoms with Crippen molar-refractivity contribution < 1.29 is 4.79 Å². The average Bonchev–Trinajstić information content (AvgIpc) is 2.86. The molecule has 1 heteroatoms. The maximum Gasteiger partial charge on any atom is 0.168 e. The quantitative estimate of drug-likeness (QED) is 0.705. The summed E-state index contributed by atoms with van der Waals surface area (Å²) < 4.78 is 0. The molecule has 0 N–H and O–H groups in total. The highest BCUT2D eigenvalue weighted by atomic mass is 16.1. The van der Waals surface area contributed by atoms with E-state index < -0.39 is 0 Å². The molecule has 18 heavy (non-hydrogen) atoms. The number of carbonyl (C=O) groups is 1. The van der Waals surface area contributed by atoms with E-state index in [4.69, 9.17) is 0 Å². The number of benzene rings is 1. The van der Waals surface area contributed by atoms with Gasteiger partial charge in [-0.2, -0.15) is 0 Å². The Morgan fingerprint density at radius 3 is 2.50 bits per heavy atom. The van der Waals surface area contributed by atoms with Crippen LogP contribution < -0.4 is 0 Å². The van der Waals surface area contributed by atoms with Crippen molar-refractivity contribution in [2.75, 3.05) is 0 Å². The highest BCUT2D eigenvalue weighted by Crippen LogP contribution is 2.39. The Morgan fingerprint density at radius 1 is 1.00 bits per heavy atom. The standard InChI is InChI=1S/C17H22O/c1-17(10-3-2-4-11-17)16(18)15-9-8-13-6-5-7-14(13)12-15/h8-9,12H,2-7,10-11H2,1H3. The predicted molar refractivity (Wildman–Crippen MR) is 74.0 cm³/mol. The third kappa shape index (κ3) is 2.00. The van der Waals surface area contributed by atoms with Gasteiger partial charge in [-0.25, -0.2) is 0 Å². The Morgan fingerprint density at radius 2 is 1.72 bits per heavy atom. The van der Waals surface area contributed by atoms with Crippen molar-refractivity contribution in [3.05, 3.63) is 34.9 Å². The molecule has 0 saturated heterocycles. The molecule has 1 aromatic rings. The second-order valence-electron chi connectivity index (χ2n) is 6.29. The number of hydrogen-bond acceptors (Lipinski definition) is 1. The fourth-order valence-corrected chi connectivity index (χ4v) is 3.62. The van der Waals surface area contributed by atoms with Crippen molar-refractivity contribution in [3.8, 4) is 0 Å². The third-order valence-electron chi connectivity index (χ3n) is 4.87. The van der Waals surface area contributed by atoms with Crippen molar-refractivity contribution in [2.24, 2.45) is 5.41 Å². The van der Waals surface area contributed by atoms with Crippen molar-refractivity contribution in [1.29, 1.82) is 0 Å². The highest BCUT2D eigenvalue weighted by molar-refractivity contribution is 6.00. The largest absolute Gasteiger partial charge is 0.294 e. The van der Waals surface area contributed by atoms with Gasteiger partial charge in [0.25, 0.3) is 0 Å². The minimum atomic E-state index is -0.0922. The summed E-state index contributed by atoms with van der Waals surface area (Å²) in [6.07, 6.45) is 9.48. The number of Topliss-reactive ketones (excluding diaryl/α,β-unsaturated/α-hetero) is 1. The number of hydrogen-bond donors (Lipinski definition) is 0. The minimum Gasteiger partial charge on any atom is -0.294 e. The number of rotatable bonds is 2. The topological polar surface area (TPSA) is 17.1 Å². The number of aryl methyl sites for hydroxylation is 2. The molecule has 1 aromatic carbocycles. The van der Waals surface area contributed by atoms with Crippen LogP contribution in [0.2, 0.25) is 0 Å². The zero-order chi connectivity index (χ0) is 12.6. The van der Waals surface area contributed by atoms with Gasteiger partial charge in [0, 0.05) is 11.0 Å². The zero-order valence-electron chi connectivity index (χ0n) is 11.3. The van der Waals surface area contributed by atoms with E-state index in [0.29, 0.717) is 5.78 Å². The molecule has 1 saturated carbocycles. The zero-order valence-corrected chi connectivity index (χ0v) is 11.3. The first-order chi connectivity index (χ1) is 8.69. The van der Waals surface area contributed by atoms with Crippen LogP contribution in [0.3, 0.4) is 0 Å². The van der Waals surface area contributed by atoms with Gasteiger partial charge in [-0.1, -0.05) is 38.3 Å². The summed E-state index contributed by atoms with van der Waals surface area (Å²) in [5.74, 6) is 0.386. The Bertz CT molecular complexity index is 466. The van der Waals surface area contributed by atoms with Crippen LogP contribution in [-0.4, -0.2) is 5.78 Å². The molecule has 2 aliphatic carbocycles. The third-order valence-corrected chi connectivity index (χ3v) is 4.87. The number of carbonyl (C=O) groups excluding carboxylic acids is 1. The Kier molecular flexibility index (Phi) is 3.01. The van der Waals surface area contributed by atoms with Gasteiger partial charge >= 0.3 is 0 Å². The molecule has 2 aliphatic rings. The van der Waals surface area contributed by atoms with Crippen molar-refractivity contribution >= 4 is 5.78 Å². The Balaban J connectivity index is 1.88. The normalized spacial score (nSPS) is 21.6. The first-order valence-electron chi connectivity index (χ1n) is 7.36. The van der Waals surface area contributed by atoms with Gasteiger partial charge in [0.05, 0.1) is 0 Å². The second kappa shape index (κ2) is 4.53. The van der Waals surface area contributed by atoms with Gasteiger partial charge in [0.15, 0.2) is 5.78 Å². The molecule has 0 amide bonds. The second-order valence-corrected chi connectivity index (χ2v) is 6.29. The van der Waals surface area contributed by atoms with E-state index in [1.54, 1.807) is 0 Å². The van der Waals surface area contributed by atoms with Crippen molar-refractivity contribution in [2.45, 2.75) is 58.3 Å². The molecular weight excluding hydrogens is 220 g/mol. The summed E-state index contributed by atoms with van der Waals surface area (Å²) >= 11 is 0. The van der Waals surface area contributed by atoms with E-state index in [2.05, 4.69) is 25.1 Å². The maximum atomic E-state index is 12.7. The van der Waals surface area contributed by atoms with E-state index >= 15 is 0 Å². The lowest BCUT2D eigenvalue weighted by molar-refractivity contribution is 0.0749. The van der Waals surface area contributed by atoms with Gasteiger partial charge in [0.1, 0.15) is 0 Å². The van der Waals surface area contributed by atoms with Gasteiger partial charge in [-0.3, -0.25) is 4.79 Å². The monoisotopic (exact) mass is 242 g/mol. The smallest absolute Gasteiger partial charge is 0.168 e. The van der Waals surface area contributed by atoms with Crippen LogP contribution in [0.15, 0.2) is 18.2 Å². The molecule has 3 rings (SSSR count). The van der Waals surface area contributed by atoms with E-state index in [1.165, 1.54) is 43.2 Å². The molecule has 1 nitrogen and oxygen atoms in total. The lowest BCUT2D eigenvalue weighted by atomic mass is 9.71. The molecule has 0 aliphatic heterocycles. The maximum absolute atomic E-state index is 12.7. The summed E-state index contributed by atoms with van der Waals surface area (Å²) in [5, 5.41) is 0. The summed E-state index contributed by atoms with van der Waals surface area (Å²) in [4.78, 5) is 12.7. The van der Waals surface area contributed by atoms with Crippen LogP contribution in [0.25, 0.3) is 0 Å². The molecule has 0 spiro atoms. The molecule has 0 atom stereocenters. The van der Waals surface area contributed by atoms with Crippen molar-refractivity contribution in [3.63, 3.8) is 0 Å². The fraction of sp³-hybridized carbons (Fsp3) is 0.588. The molecule has 0 radical (unpaired) electrons. The van der Waals surface area contributed by atoms with Gasteiger partial charge in [0.2, 0.25) is 0 Å². The van der Waals surface area contributed by atoms with E-state index in [-0.39, 0.29) is 5.41 Å². The van der Waals surface area contributed by atoms with E-state index in [9.17, 15) is 4.79 Å². The van der Waals surface area contributed by atoms with Gasteiger partial charge in [-0.15, -0.1) is 0 Å². The fourth-order valence-electron chi connectivity index (χ4n) is 3.62. The summed E-state index contributed by atoms with van der Waals surface area (Å²) in [5.41, 5.74) is 3.74. The Hall–Kier alpha value is -1.11. The van der Waals surface area contributed by atoms with Gasteiger partial charge in [-0.05, 0) is 49.3 Å². The molecule has 0 bridgehead atoms. The van der Waals surface area contributed by atoms with Gasteiger partial charge < -0.3 is 0 Å². The first kappa shape index (κ1) is 12.0. The number of fused-ring (bicyclic) bond motifs is 1. The van der Waals surface area contributed by atoms with Crippen LogP contribution in [0.4, 0.5) is 0 Å². The SMILES string of the molecule is CC1(C(=O)c2ccc3c(c2)CCC3)CCCCC1. The van der Waals surface area contributed by atoms with Crippen LogP contribution >= 0.6 is 0 Å². The first-order valence-corrected chi connectivity index (χ1v) is 7.36. The Labute approximate surface area is 110 Å². The van der Waals surface area contributed by atoms with Crippen LogP contribution in [0.5, 0.6) is 0 Å². The number of ketones is 1. The highest BCUT2D eigenvalue weighted by Gasteiger charge is 2.35. The van der Waals surface area contributed by atoms with Crippen LogP contribution in [0, 0.1) is 5.41 Å². The lowest BCUT2D eigenvalue weighted by Crippen LogP contribution is -2.30. The van der Waals surface area contributed by atoms with Crippen LogP contribution in [-0.2, 0) is 12.8 Å². The van der Waals surface area contributed by atoms with E-state index in [1.807, 2.05) is 0 Å². The molecule has 0 aromatic heterocycles. The predicted octanol–water partition coefficient (Wildman–Crippen LogP) is 4.33. The molecule has 0 unspecified atom stereocenters. The molecule has 0 heterocycles. The minimum absolute atomic E-state index is 0.0922.